The van der Waals surface area contributed by atoms with Crippen molar-refractivity contribution in [3.8, 4) is 0 Å². The molecule has 112 valence electrons. The van der Waals surface area contributed by atoms with E-state index in [0.29, 0.717) is 25.7 Å². The quantitative estimate of drug-likeness (QED) is 0.407. The molecule has 0 aromatic heterocycles. The lowest BCUT2D eigenvalue weighted by Crippen LogP contribution is -2.04. The van der Waals surface area contributed by atoms with Gasteiger partial charge in [-0.25, -0.2) is 4.57 Å². The third-order valence-corrected chi connectivity index (χ3v) is 3.70. The number of carbonyl (C=O) groups excluding carboxylic acids is 2. The molecular formula is C12H23O6P. The smallest absolute Gasteiger partial charge is 0.300 e. The Morgan fingerprint density at radius 2 is 1.32 bits per heavy atom. The molecule has 0 N–H and O–H groups in total. The second-order valence-corrected chi connectivity index (χ2v) is 5.81. The molecule has 0 saturated carbocycles. The van der Waals surface area contributed by atoms with Crippen LogP contribution in [0.25, 0.3) is 0 Å². The van der Waals surface area contributed by atoms with E-state index in [0.717, 1.165) is 0 Å². The molecule has 0 radical (unpaired) electrons. The van der Waals surface area contributed by atoms with Gasteiger partial charge in [-0.05, 0) is 33.6 Å². The lowest BCUT2D eigenvalue weighted by atomic mass is 10.2. The van der Waals surface area contributed by atoms with E-state index in [1.165, 1.54) is 13.8 Å². The average molecular weight is 294 g/mol. The predicted molar refractivity (Wildman–Crippen MR) is 71.0 cm³/mol. The van der Waals surface area contributed by atoms with Crippen molar-refractivity contribution in [2.24, 2.45) is 0 Å². The molecule has 0 bridgehead atoms. The molecule has 0 aromatic carbocycles. The summed E-state index contributed by atoms with van der Waals surface area (Å²) in [6, 6.07) is 0. The fourth-order valence-corrected chi connectivity index (χ4v) is 2.51. The molecule has 0 aromatic rings. The molecule has 0 saturated heterocycles. The number of carbonyl (C=O) groups is 2. The van der Waals surface area contributed by atoms with Crippen molar-refractivity contribution in [3.05, 3.63) is 0 Å². The fourth-order valence-electron chi connectivity index (χ4n) is 1.26. The first-order valence-electron chi connectivity index (χ1n) is 6.42. The van der Waals surface area contributed by atoms with Gasteiger partial charge in [-0.3, -0.25) is 13.6 Å². The molecule has 7 heteroatoms. The SMILES string of the molecule is CCOP(=O)(OCCCC(C)=O)OCCCC(C)=O. The molecule has 0 fully saturated rings. The van der Waals surface area contributed by atoms with E-state index < -0.39 is 7.82 Å². The van der Waals surface area contributed by atoms with Crippen LogP contribution >= 0.6 is 7.82 Å². The van der Waals surface area contributed by atoms with Gasteiger partial charge in [0.05, 0.1) is 19.8 Å². The van der Waals surface area contributed by atoms with Crippen LogP contribution < -0.4 is 0 Å². The second kappa shape index (κ2) is 10.3. The highest BCUT2D eigenvalue weighted by atomic mass is 31.2. The Bertz CT molecular complexity index is 302. The number of phosphoric ester groups is 1. The summed E-state index contributed by atoms with van der Waals surface area (Å²) < 4.78 is 27.3. The minimum Gasteiger partial charge on any atom is -0.300 e. The van der Waals surface area contributed by atoms with Crippen LogP contribution in [-0.2, 0) is 27.7 Å². The number of phosphoric acid groups is 1. The number of Topliss-reactive ketones (excluding diaryl/α,β-unsaturated/α-hetero) is 2. The average Bonchev–Trinajstić information content (AvgIpc) is 2.31. The molecule has 0 spiro atoms. The molecular weight excluding hydrogens is 271 g/mol. The van der Waals surface area contributed by atoms with Crippen molar-refractivity contribution in [2.45, 2.75) is 46.5 Å². The van der Waals surface area contributed by atoms with Crippen LogP contribution in [-0.4, -0.2) is 31.4 Å². The molecule has 19 heavy (non-hydrogen) atoms. The maximum Gasteiger partial charge on any atom is 0.474 e. The first-order valence-corrected chi connectivity index (χ1v) is 7.88. The summed E-state index contributed by atoms with van der Waals surface area (Å²) in [5.74, 6) is 0.106. The van der Waals surface area contributed by atoms with Crippen LogP contribution in [0.15, 0.2) is 0 Å². The van der Waals surface area contributed by atoms with Crippen molar-refractivity contribution >= 4 is 19.4 Å². The maximum absolute atomic E-state index is 12.1. The largest absolute Gasteiger partial charge is 0.474 e. The van der Waals surface area contributed by atoms with E-state index in [1.54, 1.807) is 6.92 Å². The van der Waals surface area contributed by atoms with Gasteiger partial charge in [0.2, 0.25) is 0 Å². The third kappa shape index (κ3) is 11.0. The van der Waals surface area contributed by atoms with Crippen molar-refractivity contribution in [2.75, 3.05) is 19.8 Å². The van der Waals surface area contributed by atoms with Gasteiger partial charge in [0, 0.05) is 12.8 Å². The summed E-state index contributed by atoms with van der Waals surface area (Å²) in [7, 11) is -3.56. The minimum atomic E-state index is -3.56. The van der Waals surface area contributed by atoms with E-state index in [-0.39, 0.29) is 31.4 Å². The van der Waals surface area contributed by atoms with E-state index in [1.807, 2.05) is 0 Å². The van der Waals surface area contributed by atoms with Crippen LogP contribution in [0.2, 0.25) is 0 Å². The molecule has 0 rings (SSSR count). The summed E-state index contributed by atoms with van der Waals surface area (Å²) in [6.45, 7) is 5.15. The lowest BCUT2D eigenvalue weighted by molar-refractivity contribution is -0.118. The van der Waals surface area contributed by atoms with E-state index in [9.17, 15) is 14.2 Å². The molecule has 0 aliphatic carbocycles. The van der Waals surface area contributed by atoms with Crippen molar-refractivity contribution in [3.63, 3.8) is 0 Å². The van der Waals surface area contributed by atoms with Gasteiger partial charge in [-0.15, -0.1) is 0 Å². The Morgan fingerprint density at radius 3 is 1.63 bits per heavy atom. The predicted octanol–water partition coefficient (Wildman–Crippen LogP) is 2.90. The first kappa shape index (κ1) is 18.4. The van der Waals surface area contributed by atoms with Gasteiger partial charge in [0.15, 0.2) is 0 Å². The standard InChI is InChI=1S/C12H23O6P/c1-4-16-19(15,17-9-5-7-11(2)13)18-10-6-8-12(3)14/h4-10H2,1-3H3. The zero-order valence-electron chi connectivity index (χ0n) is 11.8. The summed E-state index contributed by atoms with van der Waals surface area (Å²) in [4.78, 5) is 21.5. The van der Waals surface area contributed by atoms with Crippen molar-refractivity contribution in [1.29, 1.82) is 0 Å². The highest BCUT2D eigenvalue weighted by molar-refractivity contribution is 7.48. The zero-order valence-corrected chi connectivity index (χ0v) is 12.7. The van der Waals surface area contributed by atoms with Gasteiger partial charge in [-0.1, -0.05) is 0 Å². The Kier molecular flexibility index (Phi) is 9.97. The van der Waals surface area contributed by atoms with Crippen LogP contribution in [0.4, 0.5) is 0 Å². The van der Waals surface area contributed by atoms with Gasteiger partial charge in [0.1, 0.15) is 11.6 Å². The first-order chi connectivity index (χ1) is 8.89. The van der Waals surface area contributed by atoms with Gasteiger partial charge < -0.3 is 9.59 Å². The fraction of sp³-hybridized carbons (Fsp3) is 0.833. The highest BCUT2D eigenvalue weighted by Gasteiger charge is 2.25. The van der Waals surface area contributed by atoms with Crippen molar-refractivity contribution < 1.29 is 27.7 Å². The van der Waals surface area contributed by atoms with Gasteiger partial charge in [-0.2, -0.15) is 0 Å². The molecule has 6 nitrogen and oxygen atoms in total. The minimum absolute atomic E-state index is 0.0530. The number of hydrogen-bond donors (Lipinski definition) is 0. The summed E-state index contributed by atoms with van der Waals surface area (Å²) in [6.07, 6.45) is 1.69. The van der Waals surface area contributed by atoms with Crippen LogP contribution in [0, 0.1) is 0 Å². The van der Waals surface area contributed by atoms with E-state index in [2.05, 4.69) is 0 Å². The lowest BCUT2D eigenvalue weighted by Gasteiger charge is -2.16. The third-order valence-electron chi connectivity index (χ3n) is 2.13. The zero-order chi connectivity index (χ0) is 14.7. The Morgan fingerprint density at radius 1 is 0.895 bits per heavy atom. The van der Waals surface area contributed by atoms with Crippen LogP contribution in [0.5, 0.6) is 0 Å². The topological polar surface area (TPSA) is 78.9 Å². The Hall–Kier alpha value is -0.550. The summed E-state index contributed by atoms with van der Waals surface area (Å²) in [5, 5.41) is 0. The van der Waals surface area contributed by atoms with Crippen LogP contribution in [0.3, 0.4) is 0 Å². The number of rotatable bonds is 12. The van der Waals surface area contributed by atoms with E-state index in [4.69, 9.17) is 13.6 Å². The highest BCUT2D eigenvalue weighted by Crippen LogP contribution is 2.49. The van der Waals surface area contributed by atoms with Gasteiger partial charge >= 0.3 is 7.82 Å². The molecule has 0 aliphatic heterocycles. The summed E-state index contributed by atoms with van der Waals surface area (Å²) in [5.41, 5.74) is 0. The second-order valence-electron chi connectivity index (χ2n) is 4.14. The molecule has 0 heterocycles. The Balaban J connectivity index is 4.00. The maximum atomic E-state index is 12.1. The summed E-state index contributed by atoms with van der Waals surface area (Å²) >= 11 is 0. The van der Waals surface area contributed by atoms with Crippen LogP contribution in [0.1, 0.15) is 46.5 Å². The number of ketones is 2. The normalized spacial score (nSPS) is 11.5. The number of hydrogen-bond acceptors (Lipinski definition) is 6. The molecule has 0 aliphatic rings. The van der Waals surface area contributed by atoms with E-state index >= 15 is 0 Å². The molecule has 0 atom stereocenters. The molecule has 0 unspecified atom stereocenters. The molecule has 0 amide bonds. The van der Waals surface area contributed by atoms with Crippen molar-refractivity contribution in [1.82, 2.24) is 0 Å². The Labute approximate surface area is 114 Å². The van der Waals surface area contributed by atoms with Gasteiger partial charge in [0.25, 0.3) is 0 Å². The monoisotopic (exact) mass is 294 g/mol.